The zero-order valence-corrected chi connectivity index (χ0v) is 17.2. The molecular weight excluding hydrogens is 386 g/mol. The van der Waals surface area contributed by atoms with Crippen LogP contribution in [0.1, 0.15) is 24.1 Å². The van der Waals surface area contributed by atoms with E-state index in [2.05, 4.69) is 0 Å². The van der Waals surface area contributed by atoms with Crippen LogP contribution in [-0.4, -0.2) is 21.0 Å². The first-order valence-corrected chi connectivity index (χ1v) is 10.8. The van der Waals surface area contributed by atoms with E-state index in [1.165, 1.54) is 0 Å². The molecule has 0 aliphatic carbocycles. The quantitative estimate of drug-likeness (QED) is 0.539. The molecular formula is C23H23NO4S. The van der Waals surface area contributed by atoms with E-state index >= 15 is 0 Å². The zero-order valence-electron chi connectivity index (χ0n) is 16.4. The van der Waals surface area contributed by atoms with Crippen molar-refractivity contribution in [3.05, 3.63) is 96.1 Å². The van der Waals surface area contributed by atoms with Gasteiger partial charge in [0.25, 0.3) is 10.0 Å². The number of benzene rings is 3. The van der Waals surface area contributed by atoms with Crippen LogP contribution in [0.4, 0.5) is 5.69 Å². The van der Waals surface area contributed by atoms with Gasteiger partial charge in [0.1, 0.15) is 0 Å². The molecule has 0 aliphatic heterocycles. The Hall–Kier alpha value is -3.12. The van der Waals surface area contributed by atoms with Gasteiger partial charge in [-0.25, -0.2) is 17.5 Å². The van der Waals surface area contributed by atoms with Gasteiger partial charge >= 0.3 is 5.97 Å². The van der Waals surface area contributed by atoms with E-state index in [9.17, 15) is 13.2 Å². The molecule has 0 radical (unpaired) electrons. The minimum atomic E-state index is -4.05. The summed E-state index contributed by atoms with van der Waals surface area (Å²) >= 11 is 0. The molecule has 0 spiro atoms. The average Bonchev–Trinajstić information content (AvgIpc) is 2.73. The monoisotopic (exact) mass is 409 g/mol. The Labute approximate surface area is 171 Å². The third kappa shape index (κ3) is 4.49. The Morgan fingerprint density at radius 1 is 0.897 bits per heavy atom. The second-order valence-electron chi connectivity index (χ2n) is 6.51. The Kier molecular flexibility index (Phi) is 6.34. The molecule has 0 bridgehead atoms. The number of nitrogens with zero attached hydrogens (tertiary/aromatic N) is 1. The highest BCUT2D eigenvalue weighted by molar-refractivity contribution is 7.92. The first-order valence-electron chi connectivity index (χ1n) is 9.33. The Balaban J connectivity index is 2.23. The molecule has 0 fully saturated rings. The molecule has 0 amide bonds. The van der Waals surface area contributed by atoms with Gasteiger partial charge in [-0.05, 0) is 43.7 Å². The molecule has 3 rings (SSSR count). The SMILES string of the molecule is CCOC(=O)[C@@H](c1ccccc1)N(c1ccccc1)S(=O)(=O)c1ccc(C)cc1. The van der Waals surface area contributed by atoms with E-state index in [0.717, 1.165) is 9.87 Å². The fourth-order valence-corrected chi connectivity index (χ4v) is 4.64. The number of sulfonamides is 1. The maximum Gasteiger partial charge on any atom is 0.334 e. The van der Waals surface area contributed by atoms with Crippen molar-refractivity contribution in [1.82, 2.24) is 0 Å². The molecule has 0 saturated heterocycles. The predicted octanol–water partition coefficient (Wildman–Crippen LogP) is 4.49. The summed E-state index contributed by atoms with van der Waals surface area (Å²) in [6.07, 6.45) is 0. The third-order valence-electron chi connectivity index (χ3n) is 4.45. The summed E-state index contributed by atoms with van der Waals surface area (Å²) in [6.45, 7) is 3.73. The van der Waals surface area contributed by atoms with Gasteiger partial charge in [-0.2, -0.15) is 0 Å². The summed E-state index contributed by atoms with van der Waals surface area (Å²) in [5, 5.41) is 0. The van der Waals surface area contributed by atoms with Gasteiger partial charge in [0, 0.05) is 0 Å². The van der Waals surface area contributed by atoms with Gasteiger partial charge in [-0.15, -0.1) is 0 Å². The highest BCUT2D eigenvalue weighted by Crippen LogP contribution is 2.34. The number of hydrogen-bond donors (Lipinski definition) is 0. The van der Waals surface area contributed by atoms with Crippen LogP contribution in [-0.2, 0) is 19.6 Å². The zero-order chi connectivity index (χ0) is 20.9. The van der Waals surface area contributed by atoms with E-state index in [1.54, 1.807) is 85.8 Å². The van der Waals surface area contributed by atoms with Crippen molar-refractivity contribution in [3.63, 3.8) is 0 Å². The summed E-state index contributed by atoms with van der Waals surface area (Å²) in [5.74, 6) is -0.627. The third-order valence-corrected chi connectivity index (χ3v) is 6.26. The van der Waals surface area contributed by atoms with Crippen LogP contribution >= 0.6 is 0 Å². The molecule has 0 heterocycles. The first-order chi connectivity index (χ1) is 13.9. The second kappa shape index (κ2) is 8.92. The fraction of sp³-hybridized carbons (Fsp3) is 0.174. The number of anilines is 1. The van der Waals surface area contributed by atoms with Crippen LogP contribution in [0.25, 0.3) is 0 Å². The summed E-state index contributed by atoms with van der Waals surface area (Å²) in [4.78, 5) is 13.1. The van der Waals surface area contributed by atoms with E-state index in [0.29, 0.717) is 11.3 Å². The number of hydrogen-bond acceptors (Lipinski definition) is 4. The molecule has 29 heavy (non-hydrogen) atoms. The Morgan fingerprint density at radius 3 is 2.00 bits per heavy atom. The van der Waals surface area contributed by atoms with Crippen molar-refractivity contribution >= 4 is 21.7 Å². The largest absolute Gasteiger partial charge is 0.464 e. The minimum Gasteiger partial charge on any atom is -0.464 e. The van der Waals surface area contributed by atoms with E-state index in [4.69, 9.17) is 4.74 Å². The number of esters is 1. The maximum atomic E-state index is 13.7. The van der Waals surface area contributed by atoms with Gasteiger partial charge < -0.3 is 4.74 Å². The Morgan fingerprint density at radius 2 is 1.45 bits per heavy atom. The number of carbonyl (C=O) groups excluding carboxylic acids is 1. The standard InChI is InChI=1S/C23H23NO4S/c1-3-28-23(25)22(19-10-6-4-7-11-19)24(20-12-8-5-9-13-20)29(26,27)21-16-14-18(2)15-17-21/h4-17,22H,3H2,1-2H3/t22-/m1/s1. The number of ether oxygens (including phenoxy) is 1. The molecule has 0 saturated carbocycles. The van der Waals surface area contributed by atoms with Crippen molar-refractivity contribution in [2.75, 3.05) is 10.9 Å². The lowest BCUT2D eigenvalue weighted by Crippen LogP contribution is -2.40. The van der Waals surface area contributed by atoms with E-state index in [1.807, 2.05) is 13.0 Å². The molecule has 5 nitrogen and oxygen atoms in total. The summed E-state index contributed by atoms with van der Waals surface area (Å²) in [6, 6.07) is 22.8. The molecule has 0 unspecified atom stereocenters. The predicted molar refractivity (Wildman–Crippen MR) is 113 cm³/mol. The van der Waals surface area contributed by atoms with Crippen molar-refractivity contribution in [2.24, 2.45) is 0 Å². The molecule has 150 valence electrons. The molecule has 3 aromatic carbocycles. The molecule has 3 aromatic rings. The van der Waals surface area contributed by atoms with Gasteiger partial charge in [-0.3, -0.25) is 0 Å². The number of aryl methyl sites for hydroxylation is 1. The Bertz CT molecular complexity index is 1050. The number of carbonyl (C=O) groups is 1. The van der Waals surface area contributed by atoms with Crippen LogP contribution in [0.2, 0.25) is 0 Å². The highest BCUT2D eigenvalue weighted by atomic mass is 32.2. The average molecular weight is 410 g/mol. The lowest BCUT2D eigenvalue weighted by Gasteiger charge is -2.31. The summed E-state index contributed by atoms with van der Waals surface area (Å²) < 4.78 is 33.8. The molecule has 0 aliphatic rings. The second-order valence-corrected chi connectivity index (χ2v) is 8.33. The van der Waals surface area contributed by atoms with E-state index < -0.39 is 22.0 Å². The molecule has 6 heteroatoms. The lowest BCUT2D eigenvalue weighted by atomic mass is 10.1. The highest BCUT2D eigenvalue weighted by Gasteiger charge is 2.38. The number of para-hydroxylation sites is 1. The van der Waals surface area contributed by atoms with Crippen LogP contribution in [0.5, 0.6) is 0 Å². The van der Waals surface area contributed by atoms with Gasteiger partial charge in [0.05, 0.1) is 17.2 Å². The van der Waals surface area contributed by atoms with Crippen molar-refractivity contribution in [1.29, 1.82) is 0 Å². The number of rotatable bonds is 7. The van der Waals surface area contributed by atoms with E-state index in [-0.39, 0.29) is 11.5 Å². The minimum absolute atomic E-state index is 0.109. The summed E-state index contributed by atoms with van der Waals surface area (Å²) in [7, 11) is -4.05. The molecule has 0 N–H and O–H groups in total. The van der Waals surface area contributed by atoms with Crippen molar-refractivity contribution in [3.8, 4) is 0 Å². The van der Waals surface area contributed by atoms with Crippen LogP contribution in [0.3, 0.4) is 0 Å². The van der Waals surface area contributed by atoms with Gasteiger partial charge in [-0.1, -0.05) is 66.2 Å². The smallest absolute Gasteiger partial charge is 0.334 e. The lowest BCUT2D eigenvalue weighted by molar-refractivity contribution is -0.144. The maximum absolute atomic E-state index is 13.7. The molecule has 0 aromatic heterocycles. The molecule has 1 atom stereocenters. The van der Waals surface area contributed by atoms with Crippen molar-refractivity contribution in [2.45, 2.75) is 24.8 Å². The van der Waals surface area contributed by atoms with Crippen LogP contribution in [0, 0.1) is 6.92 Å². The van der Waals surface area contributed by atoms with Crippen LogP contribution < -0.4 is 4.31 Å². The topological polar surface area (TPSA) is 63.7 Å². The van der Waals surface area contributed by atoms with Crippen LogP contribution in [0.15, 0.2) is 89.8 Å². The normalized spacial score (nSPS) is 12.2. The summed E-state index contributed by atoms with van der Waals surface area (Å²) in [5.41, 5.74) is 1.86. The fourth-order valence-electron chi connectivity index (χ4n) is 3.05. The van der Waals surface area contributed by atoms with Crippen molar-refractivity contribution < 1.29 is 17.9 Å². The first kappa shape index (κ1) is 20.6. The van der Waals surface area contributed by atoms with Gasteiger partial charge in [0.2, 0.25) is 0 Å². The van der Waals surface area contributed by atoms with Gasteiger partial charge in [0.15, 0.2) is 6.04 Å².